The molecule has 2 aromatic rings. The minimum absolute atomic E-state index is 0.0148. The number of hydrogen-bond acceptors (Lipinski definition) is 2. The predicted molar refractivity (Wildman–Crippen MR) is 119 cm³/mol. The largest absolute Gasteiger partial charge is 0.354 e. The maximum atomic E-state index is 13.2. The van der Waals surface area contributed by atoms with Crippen LogP contribution in [0.25, 0.3) is 0 Å². The maximum absolute atomic E-state index is 13.2. The first-order chi connectivity index (χ1) is 13.9. The standard InChI is InChI=1S/C24H31ClN2O2/c1-4-16-26-24(29)22(5-2)27(17-20-10-13-21(25)14-11-20)23(28)15-12-19-8-6-18(3)7-9-19/h6-11,13-14,22H,4-5,12,15-17H2,1-3H3,(H,26,29)/t22-/m0/s1. The molecule has 2 aromatic carbocycles. The van der Waals surface area contributed by atoms with Gasteiger partial charge >= 0.3 is 0 Å². The molecule has 0 saturated carbocycles. The van der Waals surface area contributed by atoms with Gasteiger partial charge in [0.1, 0.15) is 6.04 Å². The SMILES string of the molecule is CCCNC(=O)[C@H](CC)N(Cc1ccc(Cl)cc1)C(=O)CCc1ccc(C)cc1. The maximum Gasteiger partial charge on any atom is 0.242 e. The number of benzene rings is 2. The molecular weight excluding hydrogens is 384 g/mol. The molecule has 0 radical (unpaired) electrons. The van der Waals surface area contributed by atoms with E-state index in [9.17, 15) is 9.59 Å². The van der Waals surface area contributed by atoms with Gasteiger partial charge in [0.25, 0.3) is 0 Å². The number of carbonyl (C=O) groups is 2. The number of nitrogens with zero attached hydrogens (tertiary/aromatic N) is 1. The Morgan fingerprint density at radius 2 is 1.62 bits per heavy atom. The highest BCUT2D eigenvalue weighted by atomic mass is 35.5. The summed E-state index contributed by atoms with van der Waals surface area (Å²) in [6.07, 6.45) is 2.46. The Balaban J connectivity index is 2.16. The first kappa shape index (κ1) is 23.0. The Labute approximate surface area is 179 Å². The van der Waals surface area contributed by atoms with E-state index in [2.05, 4.69) is 29.6 Å². The van der Waals surface area contributed by atoms with E-state index in [1.54, 1.807) is 4.90 Å². The molecule has 0 aromatic heterocycles. The Bertz CT molecular complexity index is 788. The third kappa shape index (κ3) is 7.21. The van der Waals surface area contributed by atoms with Crippen molar-refractivity contribution in [3.05, 3.63) is 70.2 Å². The van der Waals surface area contributed by atoms with Crippen molar-refractivity contribution in [2.45, 2.75) is 59.0 Å². The molecule has 0 aliphatic carbocycles. The van der Waals surface area contributed by atoms with Crippen molar-refractivity contribution in [2.75, 3.05) is 6.54 Å². The zero-order valence-electron chi connectivity index (χ0n) is 17.6. The molecule has 4 nitrogen and oxygen atoms in total. The first-order valence-corrected chi connectivity index (χ1v) is 10.7. The smallest absolute Gasteiger partial charge is 0.242 e. The number of aryl methyl sites for hydroxylation is 2. The van der Waals surface area contributed by atoms with Gasteiger partial charge in [-0.05, 0) is 49.4 Å². The minimum atomic E-state index is -0.484. The molecule has 0 aliphatic heterocycles. The summed E-state index contributed by atoms with van der Waals surface area (Å²) in [4.78, 5) is 27.6. The lowest BCUT2D eigenvalue weighted by atomic mass is 10.1. The molecule has 0 saturated heterocycles. The third-order valence-electron chi connectivity index (χ3n) is 4.95. The molecule has 0 unspecified atom stereocenters. The second-order valence-corrected chi connectivity index (χ2v) is 7.79. The van der Waals surface area contributed by atoms with Crippen LogP contribution in [0.4, 0.5) is 0 Å². The van der Waals surface area contributed by atoms with Gasteiger partial charge in [-0.15, -0.1) is 0 Å². The second kappa shape index (κ2) is 11.6. The lowest BCUT2D eigenvalue weighted by Gasteiger charge is -2.30. The molecule has 1 atom stereocenters. The lowest BCUT2D eigenvalue weighted by molar-refractivity contribution is -0.141. The minimum Gasteiger partial charge on any atom is -0.354 e. The number of halogens is 1. The monoisotopic (exact) mass is 414 g/mol. The van der Waals surface area contributed by atoms with E-state index < -0.39 is 6.04 Å². The first-order valence-electron chi connectivity index (χ1n) is 10.3. The zero-order valence-corrected chi connectivity index (χ0v) is 18.3. The summed E-state index contributed by atoms with van der Waals surface area (Å²) in [6.45, 7) is 7.00. The van der Waals surface area contributed by atoms with Crippen LogP contribution in [0.15, 0.2) is 48.5 Å². The second-order valence-electron chi connectivity index (χ2n) is 7.35. The summed E-state index contributed by atoms with van der Waals surface area (Å²) in [5, 5.41) is 3.59. The summed E-state index contributed by atoms with van der Waals surface area (Å²) < 4.78 is 0. The van der Waals surface area contributed by atoms with Crippen LogP contribution in [0.3, 0.4) is 0 Å². The third-order valence-corrected chi connectivity index (χ3v) is 5.20. The summed E-state index contributed by atoms with van der Waals surface area (Å²) in [7, 11) is 0. The van der Waals surface area contributed by atoms with Crippen LogP contribution in [0.2, 0.25) is 5.02 Å². The number of carbonyl (C=O) groups excluding carboxylic acids is 2. The quantitative estimate of drug-likeness (QED) is 0.600. The van der Waals surface area contributed by atoms with Gasteiger partial charge in [0.15, 0.2) is 0 Å². The highest BCUT2D eigenvalue weighted by molar-refractivity contribution is 6.30. The van der Waals surface area contributed by atoms with Crippen molar-refractivity contribution in [3.63, 3.8) is 0 Å². The van der Waals surface area contributed by atoms with Crippen LogP contribution >= 0.6 is 11.6 Å². The molecule has 29 heavy (non-hydrogen) atoms. The van der Waals surface area contributed by atoms with Crippen LogP contribution in [0.5, 0.6) is 0 Å². The average molecular weight is 415 g/mol. The van der Waals surface area contributed by atoms with Crippen molar-refractivity contribution < 1.29 is 9.59 Å². The van der Waals surface area contributed by atoms with E-state index in [1.807, 2.05) is 45.0 Å². The van der Waals surface area contributed by atoms with Gasteiger partial charge in [-0.1, -0.05) is 67.4 Å². The van der Waals surface area contributed by atoms with Gasteiger partial charge in [0, 0.05) is 24.5 Å². The van der Waals surface area contributed by atoms with E-state index in [0.29, 0.717) is 37.4 Å². The summed E-state index contributed by atoms with van der Waals surface area (Å²) in [5.74, 6) is -0.106. The molecule has 0 aliphatic rings. The van der Waals surface area contributed by atoms with Crippen LogP contribution in [-0.2, 0) is 22.6 Å². The summed E-state index contributed by atoms with van der Waals surface area (Å²) in [5.41, 5.74) is 3.28. The van der Waals surface area contributed by atoms with Crippen molar-refractivity contribution in [1.29, 1.82) is 0 Å². The van der Waals surface area contributed by atoms with Gasteiger partial charge in [0.2, 0.25) is 11.8 Å². The highest BCUT2D eigenvalue weighted by Gasteiger charge is 2.28. The predicted octanol–water partition coefficient (Wildman–Crippen LogP) is 4.91. The number of nitrogens with one attached hydrogen (secondary N) is 1. The Hall–Kier alpha value is -2.33. The van der Waals surface area contributed by atoms with Crippen molar-refractivity contribution >= 4 is 23.4 Å². The lowest BCUT2D eigenvalue weighted by Crippen LogP contribution is -2.49. The van der Waals surface area contributed by atoms with E-state index in [1.165, 1.54) is 5.56 Å². The van der Waals surface area contributed by atoms with E-state index in [4.69, 9.17) is 11.6 Å². The van der Waals surface area contributed by atoms with Gasteiger partial charge in [-0.3, -0.25) is 9.59 Å². The van der Waals surface area contributed by atoms with Crippen LogP contribution in [0, 0.1) is 6.92 Å². The molecule has 5 heteroatoms. The molecular formula is C24H31ClN2O2. The van der Waals surface area contributed by atoms with Gasteiger partial charge < -0.3 is 10.2 Å². The summed E-state index contributed by atoms with van der Waals surface area (Å²) in [6, 6.07) is 15.2. The van der Waals surface area contributed by atoms with E-state index in [-0.39, 0.29) is 11.8 Å². The molecule has 0 fully saturated rings. The summed E-state index contributed by atoms with van der Waals surface area (Å²) >= 11 is 5.99. The van der Waals surface area contributed by atoms with Crippen LogP contribution < -0.4 is 5.32 Å². The fourth-order valence-electron chi connectivity index (χ4n) is 3.22. The molecule has 0 bridgehead atoms. The highest BCUT2D eigenvalue weighted by Crippen LogP contribution is 2.17. The Morgan fingerprint density at radius 1 is 1.00 bits per heavy atom. The van der Waals surface area contributed by atoms with Gasteiger partial charge in [-0.2, -0.15) is 0 Å². The van der Waals surface area contributed by atoms with Gasteiger partial charge in [-0.25, -0.2) is 0 Å². The molecule has 0 spiro atoms. The van der Waals surface area contributed by atoms with Crippen molar-refractivity contribution in [3.8, 4) is 0 Å². The van der Waals surface area contributed by atoms with Gasteiger partial charge in [0.05, 0.1) is 0 Å². The fourth-order valence-corrected chi connectivity index (χ4v) is 3.35. The number of rotatable bonds is 10. The van der Waals surface area contributed by atoms with Crippen LogP contribution in [-0.4, -0.2) is 29.3 Å². The Morgan fingerprint density at radius 3 is 2.21 bits per heavy atom. The molecule has 156 valence electrons. The zero-order chi connectivity index (χ0) is 21.2. The molecule has 2 amide bonds. The molecule has 1 N–H and O–H groups in total. The normalized spacial score (nSPS) is 11.7. The van der Waals surface area contributed by atoms with Crippen molar-refractivity contribution in [1.82, 2.24) is 10.2 Å². The fraction of sp³-hybridized carbons (Fsp3) is 0.417. The van der Waals surface area contributed by atoms with Crippen LogP contribution in [0.1, 0.15) is 49.8 Å². The molecule has 0 heterocycles. The number of amides is 2. The van der Waals surface area contributed by atoms with E-state index in [0.717, 1.165) is 17.5 Å². The Kier molecular flexibility index (Phi) is 9.20. The molecule has 2 rings (SSSR count). The average Bonchev–Trinajstić information content (AvgIpc) is 2.72. The van der Waals surface area contributed by atoms with Crippen molar-refractivity contribution in [2.24, 2.45) is 0 Å². The number of hydrogen-bond donors (Lipinski definition) is 1. The topological polar surface area (TPSA) is 49.4 Å². The van der Waals surface area contributed by atoms with E-state index >= 15 is 0 Å².